The predicted octanol–water partition coefficient (Wildman–Crippen LogP) is 12.9. The van der Waals surface area contributed by atoms with Crippen molar-refractivity contribution < 1.29 is 4.57 Å². The Kier molecular flexibility index (Phi) is 23.0. The summed E-state index contributed by atoms with van der Waals surface area (Å²) >= 11 is 0. The summed E-state index contributed by atoms with van der Waals surface area (Å²) in [4.78, 5) is 0. The van der Waals surface area contributed by atoms with Crippen LogP contribution < -0.4 is 4.57 Å². The van der Waals surface area contributed by atoms with Crippen LogP contribution in [0.15, 0.2) is 30.6 Å². The van der Waals surface area contributed by atoms with Crippen molar-refractivity contribution >= 4 is 11.0 Å². The van der Waals surface area contributed by atoms with E-state index >= 15 is 0 Å². The molecule has 0 bridgehead atoms. The van der Waals surface area contributed by atoms with Gasteiger partial charge in [-0.3, -0.25) is 0 Å². The first-order valence-electron chi connectivity index (χ1n) is 18.8. The number of rotatable bonds is 30. The van der Waals surface area contributed by atoms with Crippen LogP contribution in [0.2, 0.25) is 0 Å². The van der Waals surface area contributed by atoms with E-state index in [0.717, 1.165) is 0 Å². The van der Waals surface area contributed by atoms with Crippen molar-refractivity contribution in [3.63, 3.8) is 0 Å². The number of hydrogen-bond acceptors (Lipinski definition) is 0. The molecule has 1 aromatic heterocycles. The fraction of sp³-hybridized carbons (Fsp3) is 0.821. The molecule has 0 amide bonds. The van der Waals surface area contributed by atoms with E-state index in [4.69, 9.17) is 0 Å². The summed E-state index contributed by atoms with van der Waals surface area (Å²) < 4.78 is 5.05. The summed E-state index contributed by atoms with van der Waals surface area (Å²) in [6.07, 6.45) is 42.4. The number of imidazole rings is 1. The molecule has 0 saturated heterocycles. The second-order valence-corrected chi connectivity index (χ2v) is 13.2. The minimum Gasteiger partial charge on any atom is -0.230 e. The van der Waals surface area contributed by atoms with Crippen LogP contribution >= 0.6 is 0 Å². The maximum absolute atomic E-state index is 2.53. The average Bonchev–Trinajstić information content (AvgIpc) is 3.35. The first-order valence-corrected chi connectivity index (χ1v) is 18.8. The van der Waals surface area contributed by atoms with Gasteiger partial charge in [-0.2, -0.15) is 0 Å². The van der Waals surface area contributed by atoms with Crippen LogP contribution in [0.4, 0.5) is 0 Å². The lowest BCUT2D eigenvalue weighted by Gasteiger charge is -2.03. The van der Waals surface area contributed by atoms with Gasteiger partial charge in [-0.1, -0.05) is 180 Å². The van der Waals surface area contributed by atoms with Crippen LogP contribution in [-0.4, -0.2) is 4.57 Å². The summed E-state index contributed by atoms with van der Waals surface area (Å²) in [7, 11) is 0. The lowest BCUT2D eigenvalue weighted by Crippen LogP contribution is -2.32. The molecule has 2 heteroatoms. The van der Waals surface area contributed by atoms with Crippen LogP contribution in [0.3, 0.4) is 0 Å². The Bertz CT molecular complexity index is 756. The third-order valence-electron chi connectivity index (χ3n) is 9.28. The van der Waals surface area contributed by atoms with Gasteiger partial charge in [0.05, 0.1) is 13.1 Å². The van der Waals surface area contributed by atoms with Crippen molar-refractivity contribution in [3.05, 3.63) is 30.6 Å². The standard InChI is InChI=1S/C39H71N2/c1-3-5-7-9-11-13-15-17-19-21-23-25-27-31-35-40-37-41(39-34-30-29-33-38(39)40)36-32-28-26-24-22-20-18-16-14-12-10-8-6-4-2/h29-30,33-34,37H,3-28,31-32,35-36H2,1-2H3/q+1. The molecule has 0 atom stereocenters. The number of para-hydroxylation sites is 2. The molecule has 0 radical (unpaired) electrons. The van der Waals surface area contributed by atoms with Crippen LogP contribution in [0.25, 0.3) is 11.0 Å². The minimum atomic E-state index is 1.17. The molecule has 0 aliphatic carbocycles. The minimum absolute atomic E-state index is 1.17. The number of aromatic nitrogens is 2. The molecule has 0 fully saturated rings. The molecule has 0 saturated carbocycles. The van der Waals surface area contributed by atoms with E-state index in [1.54, 1.807) is 0 Å². The first kappa shape index (κ1) is 35.9. The summed E-state index contributed by atoms with van der Waals surface area (Å²) in [6.45, 7) is 6.95. The van der Waals surface area contributed by atoms with E-state index in [9.17, 15) is 0 Å². The van der Waals surface area contributed by atoms with Gasteiger partial charge in [-0.05, 0) is 37.8 Å². The van der Waals surface area contributed by atoms with Gasteiger partial charge in [0.2, 0.25) is 6.33 Å². The first-order chi connectivity index (χ1) is 20.4. The average molecular weight is 568 g/mol. The van der Waals surface area contributed by atoms with Gasteiger partial charge in [0.25, 0.3) is 0 Å². The van der Waals surface area contributed by atoms with Gasteiger partial charge in [0.15, 0.2) is 11.0 Å². The zero-order chi connectivity index (χ0) is 29.1. The summed E-state index contributed by atoms with van der Waals surface area (Å²) in [6, 6.07) is 9.06. The van der Waals surface area contributed by atoms with Gasteiger partial charge < -0.3 is 0 Å². The molecular formula is C39H71N2+. The van der Waals surface area contributed by atoms with Crippen LogP contribution in [0.1, 0.15) is 194 Å². The van der Waals surface area contributed by atoms with E-state index in [2.05, 4.69) is 53.6 Å². The SMILES string of the molecule is CCCCCCCCCCCCCCCCn1c[n+](CCCCCCCCCCCCCCCC)c2ccccc21. The molecule has 2 rings (SSSR count). The van der Waals surface area contributed by atoms with Gasteiger partial charge in [0, 0.05) is 0 Å². The van der Waals surface area contributed by atoms with Gasteiger partial charge >= 0.3 is 0 Å². The van der Waals surface area contributed by atoms with E-state index in [0.29, 0.717) is 0 Å². The Morgan fingerprint density at radius 1 is 0.439 bits per heavy atom. The Balaban J connectivity index is 1.48. The molecule has 1 heterocycles. The quantitative estimate of drug-likeness (QED) is 0.0655. The zero-order valence-electron chi connectivity index (χ0n) is 28.0. The Morgan fingerprint density at radius 2 is 0.805 bits per heavy atom. The molecule has 2 nitrogen and oxygen atoms in total. The lowest BCUT2D eigenvalue weighted by molar-refractivity contribution is -0.672. The lowest BCUT2D eigenvalue weighted by atomic mass is 10.0. The number of nitrogens with zero attached hydrogens (tertiary/aromatic N) is 2. The van der Waals surface area contributed by atoms with Gasteiger partial charge in [0.1, 0.15) is 0 Å². The molecular weight excluding hydrogens is 496 g/mol. The second kappa shape index (κ2) is 26.3. The molecule has 236 valence electrons. The summed E-state index contributed by atoms with van der Waals surface area (Å²) in [5, 5.41) is 0. The number of benzene rings is 1. The van der Waals surface area contributed by atoms with Crippen LogP contribution in [-0.2, 0) is 13.1 Å². The highest BCUT2D eigenvalue weighted by Crippen LogP contribution is 2.16. The highest BCUT2D eigenvalue weighted by atomic mass is 15.1. The maximum atomic E-state index is 2.53. The topological polar surface area (TPSA) is 8.81 Å². The Morgan fingerprint density at radius 3 is 1.24 bits per heavy atom. The van der Waals surface area contributed by atoms with Gasteiger partial charge in [-0.25, -0.2) is 9.13 Å². The molecule has 0 aliphatic heterocycles. The number of unbranched alkanes of at least 4 members (excludes halogenated alkanes) is 26. The van der Waals surface area contributed by atoms with Crippen molar-refractivity contribution in [2.24, 2.45) is 0 Å². The third-order valence-corrected chi connectivity index (χ3v) is 9.28. The van der Waals surface area contributed by atoms with E-state index < -0.39 is 0 Å². The molecule has 0 unspecified atom stereocenters. The van der Waals surface area contributed by atoms with Gasteiger partial charge in [-0.15, -0.1) is 0 Å². The maximum Gasteiger partial charge on any atom is 0.244 e. The molecule has 0 spiro atoms. The smallest absolute Gasteiger partial charge is 0.230 e. The Hall–Kier alpha value is -1.31. The normalized spacial score (nSPS) is 11.7. The number of aryl methyl sites for hydroxylation is 2. The van der Waals surface area contributed by atoms with Crippen molar-refractivity contribution in [1.29, 1.82) is 0 Å². The zero-order valence-corrected chi connectivity index (χ0v) is 28.0. The van der Waals surface area contributed by atoms with Crippen molar-refractivity contribution in [2.45, 2.75) is 207 Å². The van der Waals surface area contributed by atoms with Crippen molar-refractivity contribution in [2.75, 3.05) is 0 Å². The van der Waals surface area contributed by atoms with Crippen LogP contribution in [0, 0.1) is 0 Å². The van der Waals surface area contributed by atoms with Crippen molar-refractivity contribution in [1.82, 2.24) is 4.57 Å². The van der Waals surface area contributed by atoms with E-state index in [-0.39, 0.29) is 0 Å². The third kappa shape index (κ3) is 18.1. The molecule has 2 aromatic rings. The van der Waals surface area contributed by atoms with Crippen LogP contribution in [0.5, 0.6) is 0 Å². The molecule has 41 heavy (non-hydrogen) atoms. The largest absolute Gasteiger partial charge is 0.244 e. The highest BCUT2D eigenvalue weighted by Gasteiger charge is 2.14. The summed E-state index contributed by atoms with van der Waals surface area (Å²) in [5.74, 6) is 0. The number of fused-ring (bicyclic) bond motifs is 1. The van der Waals surface area contributed by atoms with Crippen molar-refractivity contribution in [3.8, 4) is 0 Å². The fourth-order valence-electron chi connectivity index (χ4n) is 6.55. The molecule has 0 N–H and O–H groups in total. The predicted molar refractivity (Wildman–Crippen MR) is 183 cm³/mol. The fourth-order valence-corrected chi connectivity index (χ4v) is 6.55. The highest BCUT2D eigenvalue weighted by molar-refractivity contribution is 5.71. The second-order valence-electron chi connectivity index (χ2n) is 13.2. The molecule has 0 aliphatic rings. The molecule has 1 aromatic carbocycles. The van der Waals surface area contributed by atoms with E-state index in [1.807, 2.05) is 0 Å². The summed E-state index contributed by atoms with van der Waals surface area (Å²) in [5.41, 5.74) is 2.85. The monoisotopic (exact) mass is 568 g/mol. The number of hydrogen-bond donors (Lipinski definition) is 0. The Labute approximate surface area is 257 Å². The van der Waals surface area contributed by atoms with E-state index in [1.165, 1.54) is 204 Å².